The molecule has 28 heavy (non-hydrogen) atoms. The summed E-state index contributed by atoms with van der Waals surface area (Å²) in [6, 6.07) is 0. The lowest BCUT2D eigenvalue weighted by Gasteiger charge is -2.42. The van der Waals surface area contributed by atoms with Crippen LogP contribution in [0.2, 0.25) is 0 Å². The van der Waals surface area contributed by atoms with Crippen LogP contribution in [0.1, 0.15) is 6.92 Å². The van der Waals surface area contributed by atoms with Gasteiger partial charge in [-0.05, 0) is 12.5 Å². The summed E-state index contributed by atoms with van der Waals surface area (Å²) in [5.41, 5.74) is 5.55. The maximum atomic E-state index is 11.3. The molecule has 14 heteroatoms. The molecule has 162 valence electrons. The predicted molar refractivity (Wildman–Crippen MR) is 87.7 cm³/mol. The van der Waals surface area contributed by atoms with Gasteiger partial charge in [-0.15, -0.1) is 0 Å². The summed E-state index contributed by atoms with van der Waals surface area (Å²) >= 11 is 0. The van der Waals surface area contributed by atoms with Gasteiger partial charge in [0, 0.05) is 11.5 Å². The van der Waals surface area contributed by atoms with Crippen LogP contribution in [0.5, 0.6) is 0 Å². The maximum absolute atomic E-state index is 11.3. The molecule has 6 N–H and O–H groups in total. The quantitative estimate of drug-likeness (QED) is 0.0637. The first-order valence-electron chi connectivity index (χ1n) is 8.28. The average Bonchev–Trinajstić information content (AvgIpc) is 2.65. The normalized spacial score (nSPS) is 30.9. The van der Waals surface area contributed by atoms with E-state index in [1.54, 1.807) is 0 Å². The highest BCUT2D eigenvalue weighted by molar-refractivity contribution is 5.77. The number of carbonyl (C=O) groups is 1. The summed E-state index contributed by atoms with van der Waals surface area (Å²) in [6.07, 6.45) is -10.1. The van der Waals surface area contributed by atoms with Gasteiger partial charge in [0.25, 0.3) is 0 Å². The number of aliphatic hydroxyl groups excluding tert-OH is 4. The second-order valence-electron chi connectivity index (χ2n) is 6.06. The molecule has 14 nitrogen and oxygen atoms in total. The molecule has 1 rings (SSSR count). The Bertz CT molecular complexity index is 541. The lowest BCUT2D eigenvalue weighted by molar-refractivity contribution is -0.356. The van der Waals surface area contributed by atoms with Crippen LogP contribution in [0, 0.1) is 0 Å². The zero-order valence-corrected chi connectivity index (χ0v) is 15.1. The molecule has 0 spiro atoms. The summed E-state index contributed by atoms with van der Waals surface area (Å²) in [4.78, 5) is 13.8. The Balaban J connectivity index is 2.74. The molecule has 7 atom stereocenters. The van der Waals surface area contributed by atoms with Crippen LogP contribution in [-0.4, -0.2) is 112 Å². The van der Waals surface area contributed by atoms with Crippen molar-refractivity contribution in [2.24, 2.45) is 5.11 Å². The Morgan fingerprint density at radius 3 is 2.50 bits per heavy atom. The Kier molecular flexibility index (Phi) is 9.98. The van der Waals surface area contributed by atoms with Gasteiger partial charge < -0.3 is 49.6 Å². The van der Waals surface area contributed by atoms with E-state index in [1.165, 1.54) is 0 Å². The molecule has 0 aromatic rings. The molecule has 0 aromatic carbocycles. The number of rotatable bonds is 12. The van der Waals surface area contributed by atoms with E-state index in [9.17, 15) is 35.4 Å². The van der Waals surface area contributed by atoms with Gasteiger partial charge in [0.2, 0.25) is 5.60 Å². The van der Waals surface area contributed by atoms with E-state index < -0.39 is 55.2 Å². The van der Waals surface area contributed by atoms with Crippen molar-refractivity contribution in [3.05, 3.63) is 10.4 Å². The van der Waals surface area contributed by atoms with E-state index in [-0.39, 0.29) is 26.4 Å². The molecule has 0 saturated carbocycles. The monoisotopic (exact) mass is 411 g/mol. The summed E-state index contributed by atoms with van der Waals surface area (Å²) in [7, 11) is 0. The number of carboxylic acids is 1. The molecule has 0 aromatic heterocycles. The summed E-state index contributed by atoms with van der Waals surface area (Å²) in [5, 5.41) is 61.2. The molecule has 1 aliphatic heterocycles. The Labute approximate surface area is 159 Å². The molecule has 2 unspecified atom stereocenters. The fourth-order valence-corrected chi connectivity index (χ4v) is 2.20. The first-order chi connectivity index (χ1) is 13.2. The largest absolute Gasteiger partial charge is 0.479 e. The van der Waals surface area contributed by atoms with Crippen LogP contribution < -0.4 is 0 Å². The van der Waals surface area contributed by atoms with E-state index in [1.807, 2.05) is 0 Å². The van der Waals surface area contributed by atoms with E-state index in [4.69, 9.17) is 24.5 Å². The van der Waals surface area contributed by atoms with Crippen molar-refractivity contribution in [1.82, 2.24) is 0 Å². The van der Waals surface area contributed by atoms with Gasteiger partial charge in [0.1, 0.15) is 24.4 Å². The SMILES string of the molecule is CC(O)(C(=O)O)C(OCCOCCN=[N+]=[N-])O[C@H]1O[C@H](CO)[C@H](O)[C@H](O)[C@H]1O. The number of nitrogens with zero attached hydrogens (tertiary/aromatic N) is 3. The molecular weight excluding hydrogens is 386 g/mol. The van der Waals surface area contributed by atoms with Gasteiger partial charge >= 0.3 is 5.97 Å². The second-order valence-corrected chi connectivity index (χ2v) is 6.06. The summed E-state index contributed by atoms with van der Waals surface area (Å²) in [5.74, 6) is -1.70. The Morgan fingerprint density at radius 1 is 1.25 bits per heavy atom. The highest BCUT2D eigenvalue weighted by atomic mass is 16.8. The summed E-state index contributed by atoms with van der Waals surface area (Å²) in [6.45, 7) is 0.0132. The van der Waals surface area contributed by atoms with Crippen LogP contribution in [0.25, 0.3) is 10.4 Å². The molecule has 0 amide bonds. The van der Waals surface area contributed by atoms with Crippen LogP contribution in [-0.2, 0) is 23.7 Å². The lowest BCUT2D eigenvalue weighted by atomic mass is 9.99. The van der Waals surface area contributed by atoms with E-state index in [2.05, 4.69) is 10.0 Å². The van der Waals surface area contributed by atoms with Crippen molar-refractivity contribution >= 4 is 5.97 Å². The van der Waals surface area contributed by atoms with Gasteiger partial charge in [0.05, 0.1) is 26.4 Å². The molecule has 1 heterocycles. The van der Waals surface area contributed by atoms with Gasteiger partial charge in [-0.25, -0.2) is 4.79 Å². The third-order valence-corrected chi connectivity index (χ3v) is 3.89. The number of aliphatic hydroxyl groups is 5. The zero-order valence-electron chi connectivity index (χ0n) is 15.1. The number of ether oxygens (including phenoxy) is 4. The first kappa shape index (κ1) is 24.5. The van der Waals surface area contributed by atoms with Crippen molar-refractivity contribution < 1.29 is 54.4 Å². The minimum Gasteiger partial charge on any atom is -0.479 e. The van der Waals surface area contributed by atoms with Crippen molar-refractivity contribution in [2.75, 3.05) is 33.0 Å². The molecule has 1 fully saturated rings. The molecule has 1 saturated heterocycles. The van der Waals surface area contributed by atoms with Crippen LogP contribution in [0.3, 0.4) is 0 Å². The highest BCUT2D eigenvalue weighted by Crippen LogP contribution is 2.26. The third kappa shape index (κ3) is 6.49. The standard InChI is InChI=1S/C14H25N3O11/c1-14(24,12(22)23)13(26-5-4-25-3-2-16-17-15)28-11-10(21)9(20)8(19)7(6-18)27-11/h7-11,13,18-21,24H,2-6H2,1H3,(H,22,23)/t7-,8+,9+,10-,11-,13?,14?/m1/s1. The van der Waals surface area contributed by atoms with Gasteiger partial charge in [-0.2, -0.15) is 0 Å². The summed E-state index contributed by atoms with van der Waals surface area (Å²) < 4.78 is 20.6. The maximum Gasteiger partial charge on any atom is 0.340 e. The minimum absolute atomic E-state index is 0.0643. The van der Waals surface area contributed by atoms with E-state index in [0.717, 1.165) is 6.92 Å². The Morgan fingerprint density at radius 2 is 1.93 bits per heavy atom. The van der Waals surface area contributed by atoms with Crippen molar-refractivity contribution in [1.29, 1.82) is 0 Å². The smallest absolute Gasteiger partial charge is 0.340 e. The molecular formula is C14H25N3O11. The van der Waals surface area contributed by atoms with Crippen molar-refractivity contribution in [2.45, 2.75) is 49.5 Å². The van der Waals surface area contributed by atoms with Crippen LogP contribution in [0.4, 0.5) is 0 Å². The van der Waals surface area contributed by atoms with Crippen molar-refractivity contribution in [3.8, 4) is 0 Å². The predicted octanol–water partition coefficient (Wildman–Crippen LogP) is -2.69. The zero-order chi connectivity index (χ0) is 21.3. The number of hydrogen-bond acceptors (Lipinski definition) is 11. The minimum atomic E-state index is -2.58. The molecule has 0 bridgehead atoms. The second kappa shape index (κ2) is 11.4. The molecule has 0 aliphatic carbocycles. The molecule has 0 radical (unpaired) electrons. The first-order valence-corrected chi connectivity index (χ1v) is 8.28. The van der Waals surface area contributed by atoms with E-state index in [0.29, 0.717) is 0 Å². The average molecular weight is 411 g/mol. The van der Waals surface area contributed by atoms with Crippen LogP contribution >= 0.6 is 0 Å². The number of aliphatic carboxylic acids is 1. The number of carboxylic acid groups (broad SMARTS) is 1. The van der Waals surface area contributed by atoms with E-state index >= 15 is 0 Å². The van der Waals surface area contributed by atoms with Crippen molar-refractivity contribution in [3.63, 3.8) is 0 Å². The van der Waals surface area contributed by atoms with Gasteiger partial charge in [-0.3, -0.25) is 0 Å². The van der Waals surface area contributed by atoms with Crippen LogP contribution in [0.15, 0.2) is 5.11 Å². The lowest BCUT2D eigenvalue weighted by Crippen LogP contribution is -2.61. The Hall–Kier alpha value is -1.58. The topological polar surface area (TPSA) is 224 Å². The molecule has 1 aliphatic rings. The highest BCUT2D eigenvalue weighted by Gasteiger charge is 2.49. The van der Waals surface area contributed by atoms with Gasteiger partial charge in [-0.1, -0.05) is 5.11 Å². The third-order valence-electron chi connectivity index (χ3n) is 3.89. The fourth-order valence-electron chi connectivity index (χ4n) is 2.20. The fraction of sp³-hybridized carbons (Fsp3) is 0.929. The number of azide groups is 1. The van der Waals surface area contributed by atoms with Gasteiger partial charge in [0.15, 0.2) is 12.6 Å². The number of hydrogen-bond donors (Lipinski definition) is 6.